The average molecular weight is 418 g/mol. The molecule has 3 amide bonds. The summed E-state index contributed by atoms with van der Waals surface area (Å²) >= 11 is 0. The highest BCUT2D eigenvalue weighted by atomic mass is 16.5. The van der Waals surface area contributed by atoms with Gasteiger partial charge in [-0.3, -0.25) is 9.69 Å². The fraction of sp³-hybridized carbons (Fsp3) is 0.280. The number of ether oxygens (including phenoxy) is 1. The summed E-state index contributed by atoms with van der Waals surface area (Å²) in [7, 11) is 0. The monoisotopic (exact) mass is 418 g/mol. The zero-order chi connectivity index (χ0) is 22.2. The summed E-state index contributed by atoms with van der Waals surface area (Å²) in [6, 6.07) is 18.8. The molecule has 3 aromatic rings. The molecule has 1 heterocycles. The van der Waals surface area contributed by atoms with E-state index in [1.54, 1.807) is 6.92 Å². The van der Waals surface area contributed by atoms with Gasteiger partial charge in [0.25, 0.3) is 5.91 Å². The van der Waals surface area contributed by atoms with Crippen LogP contribution in [0, 0.1) is 13.8 Å². The number of hydrogen-bond donors (Lipinski definition) is 2. The van der Waals surface area contributed by atoms with Crippen LogP contribution < -0.4 is 10.1 Å². The van der Waals surface area contributed by atoms with Crippen molar-refractivity contribution in [1.29, 1.82) is 0 Å². The van der Waals surface area contributed by atoms with Crippen LogP contribution in [0.15, 0.2) is 60.7 Å². The van der Waals surface area contributed by atoms with Crippen molar-refractivity contribution in [2.24, 2.45) is 0 Å². The third-order valence-corrected chi connectivity index (χ3v) is 5.76. The number of β-amino-alcohol motifs (C(OH)–C–C–N with tert-alkyl or cyclic N) is 1. The van der Waals surface area contributed by atoms with E-state index in [0.717, 1.165) is 26.8 Å². The molecule has 0 aliphatic carbocycles. The lowest BCUT2D eigenvalue weighted by Crippen LogP contribution is -2.42. The van der Waals surface area contributed by atoms with Crippen LogP contribution in [0.4, 0.5) is 4.79 Å². The molecule has 1 fully saturated rings. The molecule has 2 N–H and O–H groups in total. The van der Waals surface area contributed by atoms with Crippen molar-refractivity contribution < 1.29 is 19.4 Å². The van der Waals surface area contributed by atoms with E-state index in [9.17, 15) is 14.7 Å². The standard InChI is InChI=1S/C25H26N2O4/c1-16-8-11-22(17(2)12-16)31-15-21(28)14-27-23(29)25(3,26-24(27)30)20-10-9-18-6-4-5-7-19(18)13-20/h4-13,21,28H,14-15H2,1-3H3,(H,26,30). The van der Waals surface area contributed by atoms with E-state index in [-0.39, 0.29) is 13.2 Å². The quantitative estimate of drug-likeness (QED) is 0.599. The summed E-state index contributed by atoms with van der Waals surface area (Å²) in [6.45, 7) is 5.46. The maximum atomic E-state index is 13.2. The van der Waals surface area contributed by atoms with E-state index >= 15 is 0 Å². The van der Waals surface area contributed by atoms with Crippen LogP contribution in [0.1, 0.15) is 23.6 Å². The molecule has 2 atom stereocenters. The molecule has 6 nitrogen and oxygen atoms in total. The van der Waals surface area contributed by atoms with Gasteiger partial charge in [0.15, 0.2) is 0 Å². The Hall–Kier alpha value is -3.38. The van der Waals surface area contributed by atoms with E-state index in [0.29, 0.717) is 11.3 Å². The number of amides is 3. The van der Waals surface area contributed by atoms with Crippen molar-refractivity contribution in [1.82, 2.24) is 10.2 Å². The van der Waals surface area contributed by atoms with Crippen LogP contribution in [0.3, 0.4) is 0 Å². The minimum atomic E-state index is -1.19. The predicted molar refractivity (Wildman–Crippen MR) is 119 cm³/mol. The van der Waals surface area contributed by atoms with Crippen LogP contribution in [0.5, 0.6) is 5.75 Å². The van der Waals surface area contributed by atoms with Crippen molar-refractivity contribution in [3.05, 3.63) is 77.4 Å². The number of carbonyl (C=O) groups is 2. The van der Waals surface area contributed by atoms with Gasteiger partial charge >= 0.3 is 6.03 Å². The van der Waals surface area contributed by atoms with E-state index in [2.05, 4.69) is 5.32 Å². The zero-order valence-corrected chi connectivity index (χ0v) is 17.9. The highest BCUT2D eigenvalue weighted by molar-refractivity contribution is 6.07. The Bertz CT molecular complexity index is 1160. The number of imide groups is 1. The maximum Gasteiger partial charge on any atom is 0.325 e. The number of carbonyl (C=O) groups excluding carboxylic acids is 2. The Morgan fingerprint density at radius 1 is 1.03 bits per heavy atom. The lowest BCUT2D eigenvalue weighted by atomic mass is 9.90. The molecule has 0 spiro atoms. The van der Waals surface area contributed by atoms with Gasteiger partial charge in [0.05, 0.1) is 6.54 Å². The number of urea groups is 1. The first-order valence-corrected chi connectivity index (χ1v) is 10.3. The fourth-order valence-electron chi connectivity index (χ4n) is 3.97. The fourth-order valence-corrected chi connectivity index (χ4v) is 3.97. The average Bonchev–Trinajstić information content (AvgIpc) is 2.96. The van der Waals surface area contributed by atoms with Crippen LogP contribution in [-0.2, 0) is 10.3 Å². The van der Waals surface area contributed by atoms with Gasteiger partial charge in [-0.25, -0.2) is 4.79 Å². The number of aryl methyl sites for hydroxylation is 2. The molecule has 6 heteroatoms. The first kappa shape index (κ1) is 20.9. The SMILES string of the molecule is Cc1ccc(OCC(O)CN2C(=O)NC(C)(c3ccc4ccccc4c3)C2=O)c(C)c1. The van der Waals surface area contributed by atoms with Gasteiger partial charge in [-0.1, -0.05) is 54.1 Å². The van der Waals surface area contributed by atoms with Crippen molar-refractivity contribution >= 4 is 22.7 Å². The Balaban J connectivity index is 1.46. The zero-order valence-electron chi connectivity index (χ0n) is 17.9. The molecule has 0 radical (unpaired) electrons. The number of nitrogens with one attached hydrogen (secondary N) is 1. The van der Waals surface area contributed by atoms with E-state index in [4.69, 9.17) is 4.74 Å². The molecule has 160 valence electrons. The highest BCUT2D eigenvalue weighted by Crippen LogP contribution is 2.31. The lowest BCUT2D eigenvalue weighted by Gasteiger charge is -2.23. The molecule has 4 rings (SSSR count). The van der Waals surface area contributed by atoms with E-state index in [1.807, 2.05) is 74.5 Å². The summed E-state index contributed by atoms with van der Waals surface area (Å²) in [4.78, 5) is 26.8. The Kier molecular flexibility index (Phi) is 5.41. The summed E-state index contributed by atoms with van der Waals surface area (Å²) in [6.07, 6.45) is -1.01. The third-order valence-electron chi connectivity index (χ3n) is 5.76. The molecule has 0 saturated carbocycles. The number of fused-ring (bicyclic) bond motifs is 1. The van der Waals surface area contributed by atoms with E-state index < -0.39 is 23.6 Å². The first-order valence-electron chi connectivity index (χ1n) is 10.3. The van der Waals surface area contributed by atoms with Crippen LogP contribution in [0.25, 0.3) is 10.8 Å². The van der Waals surface area contributed by atoms with Gasteiger partial charge in [-0.05, 0) is 54.8 Å². The number of benzene rings is 3. The minimum Gasteiger partial charge on any atom is -0.491 e. The number of hydrogen-bond acceptors (Lipinski definition) is 4. The maximum absolute atomic E-state index is 13.2. The van der Waals surface area contributed by atoms with Crippen LogP contribution in [0.2, 0.25) is 0 Å². The van der Waals surface area contributed by atoms with Gasteiger partial charge in [-0.2, -0.15) is 0 Å². The summed E-state index contributed by atoms with van der Waals surface area (Å²) in [5.74, 6) is 0.279. The van der Waals surface area contributed by atoms with Crippen molar-refractivity contribution in [2.75, 3.05) is 13.2 Å². The molecular weight excluding hydrogens is 392 g/mol. The molecule has 1 aliphatic rings. The van der Waals surface area contributed by atoms with Crippen molar-refractivity contribution in [2.45, 2.75) is 32.4 Å². The summed E-state index contributed by atoms with van der Waals surface area (Å²) in [5, 5.41) is 15.3. The Morgan fingerprint density at radius 3 is 2.52 bits per heavy atom. The van der Waals surface area contributed by atoms with Gasteiger partial charge < -0.3 is 15.2 Å². The molecule has 2 unspecified atom stereocenters. The molecule has 3 aromatic carbocycles. The molecule has 0 aromatic heterocycles. The molecule has 1 saturated heterocycles. The van der Waals surface area contributed by atoms with Crippen LogP contribution >= 0.6 is 0 Å². The third kappa shape index (κ3) is 3.99. The second kappa shape index (κ2) is 8.04. The van der Waals surface area contributed by atoms with Gasteiger partial charge in [0, 0.05) is 0 Å². The second-order valence-electron chi connectivity index (χ2n) is 8.27. The van der Waals surface area contributed by atoms with Crippen molar-refractivity contribution in [3.8, 4) is 5.75 Å². The summed E-state index contributed by atoms with van der Waals surface area (Å²) in [5.41, 5.74) is 1.60. The number of aliphatic hydroxyl groups excluding tert-OH is 1. The topological polar surface area (TPSA) is 78.9 Å². The Labute approximate surface area is 181 Å². The second-order valence-corrected chi connectivity index (χ2v) is 8.27. The highest BCUT2D eigenvalue weighted by Gasteiger charge is 2.49. The Morgan fingerprint density at radius 2 is 1.77 bits per heavy atom. The number of nitrogens with zero attached hydrogens (tertiary/aromatic N) is 1. The number of rotatable bonds is 6. The van der Waals surface area contributed by atoms with Crippen LogP contribution in [-0.4, -0.2) is 41.2 Å². The lowest BCUT2D eigenvalue weighted by molar-refractivity contribution is -0.132. The predicted octanol–water partition coefficient (Wildman–Crippen LogP) is 3.66. The normalized spacial score (nSPS) is 19.5. The summed E-state index contributed by atoms with van der Waals surface area (Å²) < 4.78 is 5.70. The molecule has 31 heavy (non-hydrogen) atoms. The molecule has 1 aliphatic heterocycles. The minimum absolute atomic E-state index is 0.0202. The van der Waals surface area contributed by atoms with Gasteiger partial charge in [0.2, 0.25) is 0 Å². The first-order chi connectivity index (χ1) is 14.8. The smallest absolute Gasteiger partial charge is 0.325 e. The molecular formula is C25H26N2O4. The van der Waals surface area contributed by atoms with E-state index in [1.165, 1.54) is 0 Å². The van der Waals surface area contributed by atoms with Crippen molar-refractivity contribution in [3.63, 3.8) is 0 Å². The number of aliphatic hydroxyl groups is 1. The van der Waals surface area contributed by atoms with Gasteiger partial charge in [0.1, 0.15) is 24.0 Å². The van der Waals surface area contributed by atoms with Gasteiger partial charge in [-0.15, -0.1) is 0 Å². The molecule has 0 bridgehead atoms. The largest absolute Gasteiger partial charge is 0.491 e.